The van der Waals surface area contributed by atoms with Crippen LogP contribution in [0.1, 0.15) is 22.3 Å². The molecule has 174 valence electrons. The van der Waals surface area contributed by atoms with Crippen molar-refractivity contribution < 1.29 is 24.2 Å². The third-order valence-electron chi connectivity index (χ3n) is 6.11. The number of likely N-dealkylation sites (N-methyl/N-ethyl adjacent to an activating group) is 1. The number of para-hydroxylation sites is 1. The van der Waals surface area contributed by atoms with Crippen molar-refractivity contribution in [2.24, 2.45) is 0 Å². The van der Waals surface area contributed by atoms with E-state index >= 15 is 0 Å². The van der Waals surface area contributed by atoms with E-state index in [1.54, 1.807) is 20.4 Å². The molecule has 0 spiro atoms. The van der Waals surface area contributed by atoms with Gasteiger partial charge in [0.05, 0.1) is 44.0 Å². The van der Waals surface area contributed by atoms with E-state index in [9.17, 15) is 14.7 Å². The number of carbonyl (C=O) groups is 2. The number of hydrogen-bond donors (Lipinski definition) is 2. The standard InChI is InChI=1S/C25H29N3O5/c1-27(14-19-23(32-2)9-6-10-24(19)33-3)15-22(30)21-11-16(29)13-28(21)25(31)18-12-26-20-8-5-4-7-17(18)20/h4-10,12,16,21,26,29H,11,13-15H2,1-3H3. The van der Waals surface area contributed by atoms with Crippen molar-refractivity contribution in [3.8, 4) is 11.5 Å². The number of aliphatic hydroxyl groups excluding tert-OH is 1. The summed E-state index contributed by atoms with van der Waals surface area (Å²) < 4.78 is 10.9. The Hall–Kier alpha value is -3.36. The van der Waals surface area contributed by atoms with Crippen LogP contribution in [0.5, 0.6) is 11.5 Å². The van der Waals surface area contributed by atoms with Gasteiger partial charge in [-0.3, -0.25) is 14.5 Å². The number of aliphatic hydroxyl groups is 1. The number of nitrogens with one attached hydrogen (secondary N) is 1. The molecule has 1 aliphatic rings. The van der Waals surface area contributed by atoms with E-state index in [4.69, 9.17) is 9.47 Å². The zero-order valence-corrected chi connectivity index (χ0v) is 19.1. The number of likely N-dealkylation sites (tertiary alicyclic amines) is 1. The predicted molar refractivity (Wildman–Crippen MR) is 125 cm³/mol. The number of fused-ring (bicyclic) bond motifs is 1. The van der Waals surface area contributed by atoms with Crippen LogP contribution in [0, 0.1) is 0 Å². The molecule has 0 saturated carbocycles. The molecule has 2 heterocycles. The number of H-pyrrole nitrogens is 1. The molecule has 2 N–H and O–H groups in total. The van der Waals surface area contributed by atoms with Gasteiger partial charge in [-0.1, -0.05) is 24.3 Å². The monoisotopic (exact) mass is 451 g/mol. The van der Waals surface area contributed by atoms with Gasteiger partial charge in [-0.2, -0.15) is 0 Å². The summed E-state index contributed by atoms with van der Waals surface area (Å²) in [6, 6.07) is 12.4. The Kier molecular flexibility index (Phi) is 6.67. The molecule has 2 aromatic carbocycles. The number of ether oxygens (including phenoxy) is 2. The lowest BCUT2D eigenvalue weighted by Crippen LogP contribution is -2.44. The Labute approximate surface area is 192 Å². The number of benzene rings is 2. The van der Waals surface area contributed by atoms with Crippen molar-refractivity contribution in [1.82, 2.24) is 14.8 Å². The summed E-state index contributed by atoms with van der Waals surface area (Å²) in [5.74, 6) is 0.995. The fourth-order valence-corrected chi connectivity index (χ4v) is 4.53. The molecule has 1 aliphatic heterocycles. The van der Waals surface area contributed by atoms with E-state index in [0.717, 1.165) is 16.5 Å². The lowest BCUT2D eigenvalue weighted by Gasteiger charge is -2.26. The second-order valence-electron chi connectivity index (χ2n) is 8.39. The highest BCUT2D eigenvalue weighted by molar-refractivity contribution is 6.08. The van der Waals surface area contributed by atoms with E-state index < -0.39 is 12.1 Å². The molecule has 4 rings (SSSR count). The number of rotatable bonds is 8. The summed E-state index contributed by atoms with van der Waals surface area (Å²) in [4.78, 5) is 33.0. The first-order chi connectivity index (χ1) is 15.9. The topological polar surface area (TPSA) is 95.1 Å². The van der Waals surface area contributed by atoms with E-state index in [-0.39, 0.29) is 31.2 Å². The van der Waals surface area contributed by atoms with Gasteiger partial charge in [0.25, 0.3) is 5.91 Å². The van der Waals surface area contributed by atoms with Gasteiger partial charge in [-0.25, -0.2) is 0 Å². The summed E-state index contributed by atoms with van der Waals surface area (Å²) >= 11 is 0. The van der Waals surface area contributed by atoms with Crippen molar-refractivity contribution in [3.63, 3.8) is 0 Å². The third kappa shape index (κ3) is 4.58. The van der Waals surface area contributed by atoms with Gasteiger partial charge < -0.3 is 24.5 Å². The Morgan fingerprint density at radius 2 is 1.82 bits per heavy atom. The van der Waals surface area contributed by atoms with Gasteiger partial charge in [-0.15, -0.1) is 0 Å². The Balaban J connectivity index is 1.50. The zero-order valence-electron chi connectivity index (χ0n) is 19.1. The smallest absolute Gasteiger partial charge is 0.256 e. The minimum absolute atomic E-state index is 0.115. The molecule has 0 aliphatic carbocycles. The van der Waals surface area contributed by atoms with Crippen molar-refractivity contribution in [1.29, 1.82) is 0 Å². The molecule has 2 unspecified atom stereocenters. The van der Waals surface area contributed by atoms with Crippen LogP contribution in [-0.4, -0.2) is 78.1 Å². The highest BCUT2D eigenvalue weighted by Crippen LogP contribution is 2.30. The van der Waals surface area contributed by atoms with Crippen LogP contribution >= 0.6 is 0 Å². The molecule has 1 amide bonds. The summed E-state index contributed by atoms with van der Waals surface area (Å²) in [6.45, 7) is 0.694. The first-order valence-corrected chi connectivity index (χ1v) is 10.9. The second kappa shape index (κ2) is 9.64. The van der Waals surface area contributed by atoms with Crippen molar-refractivity contribution in [2.45, 2.75) is 25.1 Å². The number of amides is 1. The Bertz CT molecular complexity index is 1140. The number of Topliss-reactive ketones (excluding diaryl/α,β-unsaturated/α-hetero) is 1. The maximum atomic E-state index is 13.3. The van der Waals surface area contributed by atoms with Gasteiger partial charge >= 0.3 is 0 Å². The normalized spacial score (nSPS) is 18.2. The molecule has 8 heteroatoms. The minimum atomic E-state index is -0.729. The molecule has 0 bridgehead atoms. The fourth-order valence-electron chi connectivity index (χ4n) is 4.53. The lowest BCUT2D eigenvalue weighted by atomic mass is 10.1. The number of β-amino-alcohol motifs (C(OH)–C–C–N with tert-alkyl or cyclic N) is 1. The minimum Gasteiger partial charge on any atom is -0.496 e. The molecule has 8 nitrogen and oxygen atoms in total. The van der Waals surface area contributed by atoms with Crippen LogP contribution in [0.2, 0.25) is 0 Å². The Morgan fingerprint density at radius 3 is 2.52 bits per heavy atom. The summed E-state index contributed by atoms with van der Waals surface area (Å²) in [7, 11) is 5.02. The molecular weight excluding hydrogens is 422 g/mol. The fraction of sp³-hybridized carbons (Fsp3) is 0.360. The number of carbonyl (C=O) groups excluding carboxylic acids is 2. The second-order valence-corrected chi connectivity index (χ2v) is 8.39. The van der Waals surface area contributed by atoms with Crippen LogP contribution in [0.15, 0.2) is 48.7 Å². The van der Waals surface area contributed by atoms with Crippen LogP contribution in [0.3, 0.4) is 0 Å². The lowest BCUT2D eigenvalue weighted by molar-refractivity contribution is -0.123. The average Bonchev–Trinajstić information content (AvgIpc) is 3.42. The number of nitrogens with zero attached hydrogens (tertiary/aromatic N) is 2. The van der Waals surface area contributed by atoms with E-state index in [2.05, 4.69) is 4.98 Å². The Morgan fingerprint density at radius 1 is 1.12 bits per heavy atom. The molecule has 1 aromatic heterocycles. The predicted octanol–water partition coefficient (Wildman–Crippen LogP) is 2.46. The number of ketones is 1. The highest BCUT2D eigenvalue weighted by atomic mass is 16.5. The van der Waals surface area contributed by atoms with Crippen LogP contribution in [0.25, 0.3) is 10.9 Å². The van der Waals surface area contributed by atoms with Gasteiger partial charge in [0, 0.05) is 36.6 Å². The van der Waals surface area contributed by atoms with Crippen molar-refractivity contribution >= 4 is 22.6 Å². The quantitative estimate of drug-likeness (QED) is 0.546. The van der Waals surface area contributed by atoms with Gasteiger partial charge in [0.15, 0.2) is 5.78 Å². The first-order valence-electron chi connectivity index (χ1n) is 10.9. The summed E-state index contributed by atoms with van der Waals surface area (Å²) in [5, 5.41) is 11.1. The number of hydrogen-bond acceptors (Lipinski definition) is 6. The molecule has 0 radical (unpaired) electrons. The number of methoxy groups -OCH3 is 2. The van der Waals surface area contributed by atoms with Crippen LogP contribution < -0.4 is 9.47 Å². The molecule has 3 aromatic rings. The highest BCUT2D eigenvalue weighted by Gasteiger charge is 2.39. The van der Waals surface area contributed by atoms with Crippen molar-refractivity contribution in [3.05, 3.63) is 59.8 Å². The first kappa shape index (κ1) is 22.8. The van der Waals surface area contributed by atoms with Gasteiger partial charge in [0.1, 0.15) is 11.5 Å². The van der Waals surface area contributed by atoms with Crippen LogP contribution in [0.4, 0.5) is 0 Å². The maximum absolute atomic E-state index is 13.3. The molecule has 1 saturated heterocycles. The third-order valence-corrected chi connectivity index (χ3v) is 6.11. The molecule has 33 heavy (non-hydrogen) atoms. The summed E-state index contributed by atoms with van der Waals surface area (Å²) in [5.41, 5.74) is 2.20. The van der Waals surface area contributed by atoms with Gasteiger partial charge in [-0.05, 0) is 25.2 Å². The molecule has 2 atom stereocenters. The van der Waals surface area contributed by atoms with E-state index in [1.807, 2.05) is 54.4 Å². The van der Waals surface area contributed by atoms with E-state index in [0.29, 0.717) is 23.6 Å². The number of aromatic nitrogens is 1. The maximum Gasteiger partial charge on any atom is 0.256 e. The largest absolute Gasteiger partial charge is 0.496 e. The van der Waals surface area contributed by atoms with Crippen LogP contribution in [-0.2, 0) is 11.3 Å². The molecule has 1 fully saturated rings. The van der Waals surface area contributed by atoms with Gasteiger partial charge in [0.2, 0.25) is 0 Å². The zero-order chi connectivity index (χ0) is 23.5. The SMILES string of the molecule is COc1cccc(OC)c1CN(C)CC(=O)C1CC(O)CN1C(=O)c1c[nH]c2ccccc12. The average molecular weight is 452 g/mol. The summed E-state index contributed by atoms with van der Waals surface area (Å²) in [6.07, 6.45) is 1.17. The number of aromatic amines is 1. The molecular formula is C25H29N3O5. The van der Waals surface area contributed by atoms with Crippen molar-refractivity contribution in [2.75, 3.05) is 34.4 Å². The van der Waals surface area contributed by atoms with E-state index in [1.165, 1.54) is 4.90 Å².